The van der Waals surface area contributed by atoms with Crippen LogP contribution in [-0.2, 0) is 11.2 Å². The number of benzene rings is 2. The molecule has 1 saturated heterocycles. The Morgan fingerprint density at radius 1 is 1.13 bits per heavy atom. The highest BCUT2D eigenvalue weighted by atomic mass is 16.6. The fourth-order valence-corrected chi connectivity index (χ4v) is 2.73. The van der Waals surface area contributed by atoms with Crippen LogP contribution >= 0.6 is 0 Å². The van der Waals surface area contributed by atoms with Gasteiger partial charge in [0.2, 0.25) is 0 Å². The second-order valence-electron chi connectivity index (χ2n) is 5.62. The van der Waals surface area contributed by atoms with Gasteiger partial charge in [-0.3, -0.25) is 4.90 Å². The van der Waals surface area contributed by atoms with Gasteiger partial charge in [-0.15, -0.1) is 0 Å². The number of rotatable bonds is 6. The number of hydrogen-bond donors (Lipinski definition) is 0. The number of carbonyl (C=O) groups is 1. The average Bonchev–Trinajstić information content (AvgIpc) is 2.96. The number of ether oxygens (including phenoxy) is 2. The molecule has 0 spiro atoms. The second-order valence-corrected chi connectivity index (χ2v) is 5.62. The first-order valence-electron chi connectivity index (χ1n) is 8.02. The molecule has 1 heterocycles. The standard InChI is InChI=1S/C19H21NO3/c1-2-8-15-9-6-7-12-18(15)22-14-17-13-20(19(21)23-17)16-10-4-3-5-11-16/h3-7,9-12,17H,2,8,13-14H2,1H3. The minimum absolute atomic E-state index is 0.252. The van der Waals surface area contributed by atoms with E-state index in [0.29, 0.717) is 13.2 Å². The van der Waals surface area contributed by atoms with Crippen LogP contribution < -0.4 is 9.64 Å². The van der Waals surface area contributed by atoms with Crippen molar-refractivity contribution in [3.05, 3.63) is 60.2 Å². The number of hydrogen-bond acceptors (Lipinski definition) is 3. The highest BCUT2D eigenvalue weighted by molar-refractivity contribution is 5.89. The van der Waals surface area contributed by atoms with Crippen molar-refractivity contribution in [1.29, 1.82) is 0 Å². The Morgan fingerprint density at radius 2 is 1.87 bits per heavy atom. The van der Waals surface area contributed by atoms with Gasteiger partial charge >= 0.3 is 6.09 Å². The monoisotopic (exact) mass is 311 g/mol. The summed E-state index contributed by atoms with van der Waals surface area (Å²) in [5, 5.41) is 0. The van der Waals surface area contributed by atoms with Gasteiger partial charge in [-0.1, -0.05) is 49.7 Å². The number of amides is 1. The third kappa shape index (κ3) is 3.65. The van der Waals surface area contributed by atoms with E-state index >= 15 is 0 Å². The van der Waals surface area contributed by atoms with Gasteiger partial charge in [-0.2, -0.15) is 0 Å². The molecule has 2 aromatic carbocycles. The number of anilines is 1. The van der Waals surface area contributed by atoms with E-state index in [-0.39, 0.29) is 12.2 Å². The van der Waals surface area contributed by atoms with Crippen molar-refractivity contribution in [2.24, 2.45) is 0 Å². The number of carbonyl (C=O) groups excluding carboxylic acids is 1. The van der Waals surface area contributed by atoms with E-state index in [0.717, 1.165) is 24.3 Å². The van der Waals surface area contributed by atoms with E-state index < -0.39 is 0 Å². The molecule has 23 heavy (non-hydrogen) atoms. The molecule has 0 N–H and O–H groups in total. The molecule has 4 nitrogen and oxygen atoms in total. The molecule has 120 valence electrons. The quantitative estimate of drug-likeness (QED) is 0.808. The maximum atomic E-state index is 12.0. The van der Waals surface area contributed by atoms with Gasteiger partial charge in [-0.05, 0) is 30.2 Å². The summed E-state index contributed by atoms with van der Waals surface area (Å²) in [4.78, 5) is 13.7. The van der Waals surface area contributed by atoms with Crippen LogP contribution in [-0.4, -0.2) is 25.3 Å². The molecule has 0 bridgehead atoms. The lowest BCUT2D eigenvalue weighted by molar-refractivity contribution is 0.105. The van der Waals surface area contributed by atoms with Crippen molar-refractivity contribution >= 4 is 11.8 Å². The Morgan fingerprint density at radius 3 is 2.65 bits per heavy atom. The Bertz CT molecular complexity index is 657. The van der Waals surface area contributed by atoms with E-state index in [9.17, 15) is 4.79 Å². The van der Waals surface area contributed by atoms with Gasteiger partial charge in [0.25, 0.3) is 0 Å². The van der Waals surface area contributed by atoms with Crippen LogP contribution in [0.4, 0.5) is 10.5 Å². The number of aryl methyl sites for hydroxylation is 1. The highest BCUT2D eigenvalue weighted by Gasteiger charge is 2.32. The fourth-order valence-electron chi connectivity index (χ4n) is 2.73. The van der Waals surface area contributed by atoms with Gasteiger partial charge in [0.15, 0.2) is 6.10 Å². The predicted octanol–water partition coefficient (Wildman–Crippen LogP) is 4.04. The summed E-state index contributed by atoms with van der Waals surface area (Å²) in [6.07, 6.45) is 1.49. The maximum absolute atomic E-state index is 12.0. The van der Waals surface area contributed by atoms with Crippen LogP contribution in [0.25, 0.3) is 0 Å². The van der Waals surface area contributed by atoms with Gasteiger partial charge < -0.3 is 9.47 Å². The molecule has 0 radical (unpaired) electrons. The average molecular weight is 311 g/mol. The minimum atomic E-state index is -0.313. The molecule has 1 amide bonds. The van der Waals surface area contributed by atoms with Crippen molar-refractivity contribution in [1.82, 2.24) is 0 Å². The number of nitrogens with zero attached hydrogens (tertiary/aromatic N) is 1. The van der Waals surface area contributed by atoms with Crippen LogP contribution in [0, 0.1) is 0 Å². The lowest BCUT2D eigenvalue weighted by Crippen LogP contribution is -2.26. The van der Waals surface area contributed by atoms with Gasteiger partial charge in [-0.25, -0.2) is 4.79 Å². The van der Waals surface area contributed by atoms with Gasteiger partial charge in [0.05, 0.1) is 6.54 Å². The van der Waals surface area contributed by atoms with Crippen molar-refractivity contribution in [3.63, 3.8) is 0 Å². The predicted molar refractivity (Wildman–Crippen MR) is 90.0 cm³/mol. The first kappa shape index (κ1) is 15.4. The molecule has 1 unspecified atom stereocenters. The van der Waals surface area contributed by atoms with Crippen LogP contribution in [0.3, 0.4) is 0 Å². The lowest BCUT2D eigenvalue weighted by atomic mass is 10.1. The number of cyclic esters (lactones) is 1. The largest absolute Gasteiger partial charge is 0.489 e. The minimum Gasteiger partial charge on any atom is -0.489 e. The third-order valence-corrected chi connectivity index (χ3v) is 3.86. The molecule has 0 saturated carbocycles. The van der Waals surface area contributed by atoms with E-state index in [4.69, 9.17) is 9.47 Å². The molecular weight excluding hydrogens is 290 g/mol. The van der Waals surface area contributed by atoms with Crippen molar-refractivity contribution < 1.29 is 14.3 Å². The van der Waals surface area contributed by atoms with Crippen molar-refractivity contribution in [3.8, 4) is 5.75 Å². The second kappa shape index (κ2) is 7.18. The van der Waals surface area contributed by atoms with Crippen molar-refractivity contribution in [2.45, 2.75) is 25.9 Å². The topological polar surface area (TPSA) is 38.8 Å². The Kier molecular flexibility index (Phi) is 4.81. The molecule has 1 atom stereocenters. The normalized spacial score (nSPS) is 17.2. The Balaban J connectivity index is 1.61. The number of para-hydroxylation sites is 2. The molecule has 2 aromatic rings. The molecule has 1 aliphatic rings. The van der Waals surface area contributed by atoms with E-state index in [1.165, 1.54) is 5.56 Å². The summed E-state index contributed by atoms with van der Waals surface area (Å²) in [6.45, 7) is 3.03. The van der Waals surface area contributed by atoms with Crippen LogP contribution in [0.5, 0.6) is 5.75 Å². The maximum Gasteiger partial charge on any atom is 0.414 e. The first-order chi connectivity index (χ1) is 11.3. The zero-order valence-corrected chi connectivity index (χ0v) is 13.3. The van der Waals surface area contributed by atoms with E-state index in [2.05, 4.69) is 13.0 Å². The summed E-state index contributed by atoms with van der Waals surface area (Å²) in [5.74, 6) is 0.878. The molecule has 0 aromatic heterocycles. The zero-order chi connectivity index (χ0) is 16.1. The molecule has 4 heteroatoms. The summed E-state index contributed by atoms with van der Waals surface area (Å²) in [7, 11) is 0. The van der Waals surface area contributed by atoms with Crippen LogP contribution in [0.1, 0.15) is 18.9 Å². The molecule has 1 fully saturated rings. The summed E-state index contributed by atoms with van der Waals surface area (Å²) >= 11 is 0. The molecule has 3 rings (SSSR count). The van der Waals surface area contributed by atoms with E-state index in [1.54, 1.807) is 4.90 Å². The smallest absolute Gasteiger partial charge is 0.414 e. The fraction of sp³-hybridized carbons (Fsp3) is 0.316. The summed E-state index contributed by atoms with van der Waals surface area (Å²) in [6, 6.07) is 17.6. The van der Waals surface area contributed by atoms with Gasteiger partial charge in [0.1, 0.15) is 12.4 Å². The molecule has 1 aliphatic heterocycles. The summed E-state index contributed by atoms with van der Waals surface area (Å²) < 4.78 is 11.3. The molecule has 0 aliphatic carbocycles. The van der Waals surface area contributed by atoms with Crippen LogP contribution in [0.2, 0.25) is 0 Å². The third-order valence-electron chi connectivity index (χ3n) is 3.86. The Labute approximate surface area is 136 Å². The first-order valence-corrected chi connectivity index (χ1v) is 8.02. The summed E-state index contributed by atoms with van der Waals surface area (Å²) in [5.41, 5.74) is 2.05. The molecular formula is C19H21NO3. The zero-order valence-electron chi connectivity index (χ0n) is 13.3. The SMILES string of the molecule is CCCc1ccccc1OCC1CN(c2ccccc2)C(=O)O1. The van der Waals surface area contributed by atoms with Crippen molar-refractivity contribution in [2.75, 3.05) is 18.1 Å². The van der Waals surface area contributed by atoms with Crippen LogP contribution in [0.15, 0.2) is 54.6 Å². The lowest BCUT2D eigenvalue weighted by Gasteiger charge is -2.14. The highest BCUT2D eigenvalue weighted by Crippen LogP contribution is 2.23. The Hall–Kier alpha value is -2.49. The van der Waals surface area contributed by atoms with Gasteiger partial charge in [0, 0.05) is 5.69 Å². The van der Waals surface area contributed by atoms with E-state index in [1.807, 2.05) is 48.5 Å².